The van der Waals surface area contributed by atoms with Crippen LogP contribution < -0.4 is 4.90 Å². The van der Waals surface area contributed by atoms with Gasteiger partial charge in [0.2, 0.25) is 0 Å². The van der Waals surface area contributed by atoms with Crippen molar-refractivity contribution in [2.45, 2.75) is 45.4 Å². The Morgan fingerprint density at radius 2 is 0.966 bits per heavy atom. The molecule has 58 heavy (non-hydrogen) atoms. The van der Waals surface area contributed by atoms with Gasteiger partial charge in [0.15, 0.2) is 0 Å². The molecule has 280 valence electrons. The molecule has 0 N–H and O–H groups in total. The zero-order valence-corrected chi connectivity index (χ0v) is 33.9. The lowest BCUT2D eigenvalue weighted by molar-refractivity contribution is 0.596. The van der Waals surface area contributed by atoms with Gasteiger partial charge in [0, 0.05) is 27.6 Å². The molecular weight excluding hydrogens is 699 g/mol. The Labute approximate surface area is 342 Å². The fourth-order valence-electron chi connectivity index (χ4n) is 9.60. The van der Waals surface area contributed by atoms with Crippen molar-refractivity contribution in [3.8, 4) is 44.5 Å². The molecule has 1 nitrogen and oxygen atoms in total. The van der Waals surface area contributed by atoms with Crippen molar-refractivity contribution in [1.82, 2.24) is 0 Å². The summed E-state index contributed by atoms with van der Waals surface area (Å²) in [4.78, 5) is 2.59. The summed E-state index contributed by atoms with van der Waals surface area (Å²) in [5.74, 6) is 0. The lowest BCUT2D eigenvalue weighted by Crippen LogP contribution is -2.17. The van der Waals surface area contributed by atoms with Gasteiger partial charge in [-0.15, -0.1) is 0 Å². The van der Waals surface area contributed by atoms with Gasteiger partial charge in [0.1, 0.15) is 0 Å². The fraction of sp³-hybridized carbons (Fsp3) is 0.123. The van der Waals surface area contributed by atoms with E-state index in [0.717, 1.165) is 11.4 Å². The minimum absolute atomic E-state index is 0.0852. The lowest BCUT2D eigenvalue weighted by Gasteiger charge is -2.34. The largest absolute Gasteiger partial charge is 0.309 e. The van der Waals surface area contributed by atoms with Crippen LogP contribution >= 0.6 is 0 Å². The first-order valence-electron chi connectivity index (χ1n) is 20.5. The topological polar surface area (TPSA) is 3.24 Å². The Hall–Kier alpha value is -6.70. The van der Waals surface area contributed by atoms with Crippen LogP contribution in [0.25, 0.3) is 66.1 Å². The van der Waals surface area contributed by atoms with E-state index in [1.807, 2.05) is 0 Å². The van der Waals surface area contributed by atoms with Gasteiger partial charge in [0.05, 0.1) is 11.4 Å². The molecule has 9 aromatic rings. The summed E-state index contributed by atoms with van der Waals surface area (Å²) in [6, 6.07) is 72.1. The second-order valence-electron chi connectivity index (χ2n) is 17.3. The Morgan fingerprint density at radius 1 is 0.414 bits per heavy atom. The van der Waals surface area contributed by atoms with E-state index < -0.39 is 0 Å². The molecule has 0 aromatic heterocycles. The summed E-state index contributed by atoms with van der Waals surface area (Å²) in [5.41, 5.74) is 17.2. The molecule has 0 amide bonds. The summed E-state index contributed by atoms with van der Waals surface area (Å²) in [6.45, 7) is 11.7. The van der Waals surface area contributed by atoms with E-state index in [0.29, 0.717) is 0 Å². The zero-order valence-electron chi connectivity index (χ0n) is 33.9. The third-order valence-corrected chi connectivity index (χ3v) is 12.4. The number of anilines is 3. The molecule has 9 aromatic carbocycles. The van der Waals surface area contributed by atoms with Crippen LogP contribution in [0.1, 0.15) is 51.3 Å². The number of fused-ring (bicyclic) bond motifs is 5. The first kappa shape index (κ1) is 35.7. The zero-order chi connectivity index (χ0) is 39.6. The predicted octanol–water partition coefficient (Wildman–Crippen LogP) is 16.1. The van der Waals surface area contributed by atoms with Crippen LogP contribution in [-0.4, -0.2) is 0 Å². The molecule has 0 saturated carbocycles. The maximum Gasteiger partial charge on any atom is 0.0618 e. The predicted molar refractivity (Wildman–Crippen MR) is 249 cm³/mol. The fourth-order valence-corrected chi connectivity index (χ4v) is 9.60. The van der Waals surface area contributed by atoms with Gasteiger partial charge in [-0.1, -0.05) is 204 Å². The molecule has 0 bridgehead atoms. The highest BCUT2D eigenvalue weighted by atomic mass is 15.1. The van der Waals surface area contributed by atoms with Crippen molar-refractivity contribution in [3.05, 3.63) is 211 Å². The first-order chi connectivity index (χ1) is 28.2. The number of benzene rings is 9. The van der Waals surface area contributed by atoms with Crippen molar-refractivity contribution >= 4 is 38.6 Å². The minimum Gasteiger partial charge on any atom is -0.309 e. The highest BCUT2D eigenvalue weighted by molar-refractivity contribution is 6.13. The third kappa shape index (κ3) is 5.76. The van der Waals surface area contributed by atoms with Gasteiger partial charge in [0.25, 0.3) is 0 Å². The third-order valence-electron chi connectivity index (χ3n) is 12.4. The number of hydrogen-bond donors (Lipinski definition) is 0. The van der Waals surface area contributed by atoms with E-state index >= 15 is 0 Å². The van der Waals surface area contributed by atoms with Crippen LogP contribution in [0.5, 0.6) is 0 Å². The molecule has 0 spiro atoms. The van der Waals surface area contributed by atoms with E-state index in [1.165, 1.54) is 88.4 Å². The van der Waals surface area contributed by atoms with Crippen molar-refractivity contribution in [2.75, 3.05) is 4.90 Å². The molecule has 1 aliphatic rings. The molecule has 1 aliphatic carbocycles. The second-order valence-corrected chi connectivity index (χ2v) is 17.3. The van der Waals surface area contributed by atoms with Gasteiger partial charge < -0.3 is 4.90 Å². The van der Waals surface area contributed by atoms with E-state index in [9.17, 15) is 0 Å². The van der Waals surface area contributed by atoms with Gasteiger partial charge >= 0.3 is 0 Å². The minimum atomic E-state index is -0.103. The highest BCUT2D eigenvalue weighted by Crippen LogP contribution is 2.55. The molecular formula is C57H47N. The number of hydrogen-bond acceptors (Lipinski definition) is 1. The Kier molecular flexibility index (Phi) is 8.46. The van der Waals surface area contributed by atoms with Crippen molar-refractivity contribution in [1.29, 1.82) is 0 Å². The van der Waals surface area contributed by atoms with Gasteiger partial charge in [-0.2, -0.15) is 0 Å². The second kappa shape index (κ2) is 13.7. The molecule has 0 aliphatic heterocycles. The van der Waals surface area contributed by atoms with Crippen molar-refractivity contribution < 1.29 is 0 Å². The highest BCUT2D eigenvalue weighted by Gasteiger charge is 2.36. The first-order valence-corrected chi connectivity index (χ1v) is 20.5. The standard InChI is InChI=1S/C57H47N/c1-56(2,3)52-37-48(39-22-10-7-11-23-39)55(47-30-17-15-27-44(47)52)58(41-33-34-51-49(36-41)45-28-18-19-31-50(45)57(51,4)5)53-35-32-40-24-12-13-26-43(40)54(53)46-29-16-14-25-42(46)38-20-8-6-9-21-38/h6-37H,1-5H3. The molecule has 0 heterocycles. The summed E-state index contributed by atoms with van der Waals surface area (Å²) in [5, 5.41) is 4.93. The Bertz CT molecular complexity index is 3000. The summed E-state index contributed by atoms with van der Waals surface area (Å²) >= 11 is 0. The molecule has 0 unspecified atom stereocenters. The van der Waals surface area contributed by atoms with Crippen LogP contribution in [-0.2, 0) is 10.8 Å². The van der Waals surface area contributed by atoms with E-state index in [-0.39, 0.29) is 10.8 Å². The maximum atomic E-state index is 2.59. The van der Waals surface area contributed by atoms with Gasteiger partial charge in [-0.25, -0.2) is 0 Å². The SMILES string of the molecule is CC(C)(C)c1cc(-c2ccccc2)c(N(c2ccc3c(c2)-c2ccccc2C3(C)C)c2ccc3ccccc3c2-c2ccccc2-c2ccccc2)c2ccccc12. The van der Waals surface area contributed by atoms with Crippen LogP contribution in [0.3, 0.4) is 0 Å². The summed E-state index contributed by atoms with van der Waals surface area (Å²) in [7, 11) is 0. The van der Waals surface area contributed by atoms with E-state index in [1.54, 1.807) is 0 Å². The molecule has 0 radical (unpaired) electrons. The Balaban J connectivity index is 1.38. The average Bonchev–Trinajstić information content (AvgIpc) is 3.49. The maximum absolute atomic E-state index is 2.59. The lowest BCUT2D eigenvalue weighted by atomic mass is 9.80. The van der Waals surface area contributed by atoms with E-state index in [4.69, 9.17) is 0 Å². The van der Waals surface area contributed by atoms with Crippen molar-refractivity contribution in [3.63, 3.8) is 0 Å². The van der Waals surface area contributed by atoms with Crippen LogP contribution in [0, 0.1) is 0 Å². The molecule has 1 heteroatoms. The van der Waals surface area contributed by atoms with Crippen LogP contribution in [0.15, 0.2) is 194 Å². The number of rotatable bonds is 6. The summed E-state index contributed by atoms with van der Waals surface area (Å²) < 4.78 is 0. The molecule has 0 atom stereocenters. The number of nitrogens with zero attached hydrogens (tertiary/aromatic N) is 1. The smallest absolute Gasteiger partial charge is 0.0618 e. The van der Waals surface area contributed by atoms with Crippen LogP contribution in [0.4, 0.5) is 17.1 Å². The van der Waals surface area contributed by atoms with Gasteiger partial charge in [-0.3, -0.25) is 0 Å². The summed E-state index contributed by atoms with van der Waals surface area (Å²) in [6.07, 6.45) is 0. The Morgan fingerprint density at radius 3 is 1.67 bits per heavy atom. The molecule has 10 rings (SSSR count). The normalized spacial score (nSPS) is 13.1. The monoisotopic (exact) mass is 745 g/mol. The van der Waals surface area contributed by atoms with Crippen LogP contribution in [0.2, 0.25) is 0 Å². The van der Waals surface area contributed by atoms with E-state index in [2.05, 4.69) is 234 Å². The van der Waals surface area contributed by atoms with Crippen molar-refractivity contribution in [2.24, 2.45) is 0 Å². The molecule has 0 fully saturated rings. The average molecular weight is 746 g/mol. The molecule has 0 saturated heterocycles. The quantitative estimate of drug-likeness (QED) is 0.164. The van der Waals surface area contributed by atoms with Gasteiger partial charge in [-0.05, 0) is 95.9 Å².